The van der Waals surface area contributed by atoms with Crippen LogP contribution in [0, 0.1) is 5.82 Å². The van der Waals surface area contributed by atoms with E-state index in [1.54, 1.807) is 12.1 Å². The number of carbonyl (C=O) groups excluding carboxylic acids is 1. The Bertz CT molecular complexity index is 385. The Morgan fingerprint density at radius 2 is 2.27 bits per heavy atom. The maximum absolute atomic E-state index is 13.2. The Balaban J connectivity index is 2.92. The van der Waals surface area contributed by atoms with Crippen LogP contribution in [0.5, 0.6) is 0 Å². The van der Waals surface area contributed by atoms with Crippen molar-refractivity contribution in [1.29, 1.82) is 0 Å². The molecule has 0 heterocycles. The Hall–Kier alpha value is -0.960. The van der Waals surface area contributed by atoms with Gasteiger partial charge in [-0.25, -0.2) is 4.39 Å². The lowest BCUT2D eigenvalue weighted by Gasteiger charge is -2.00. The van der Waals surface area contributed by atoms with E-state index in [4.69, 9.17) is 0 Å². The summed E-state index contributed by atoms with van der Waals surface area (Å²) in [5, 5.41) is 0.893. The molecular weight excluding hydrogens is 259 g/mol. The minimum Gasteiger partial charge on any atom is -0.294 e. The Kier molecular flexibility index (Phi) is 4.69. The lowest BCUT2D eigenvalue weighted by Crippen LogP contribution is -1.96. The molecule has 0 N–H and O–H groups in total. The summed E-state index contributed by atoms with van der Waals surface area (Å²) in [6, 6.07) is 4.56. The smallest absolute Gasteiger partial charge is 0.162 e. The molecule has 1 aromatic rings. The largest absolute Gasteiger partial charge is 0.294 e. The number of alkyl halides is 1. The van der Waals surface area contributed by atoms with E-state index in [1.807, 2.05) is 12.2 Å². The summed E-state index contributed by atoms with van der Waals surface area (Å²) in [6.45, 7) is 1.37. The summed E-state index contributed by atoms with van der Waals surface area (Å²) in [5.74, 6) is -0.705. The molecule has 0 fully saturated rings. The third-order valence-corrected chi connectivity index (χ3v) is 2.41. The average molecular weight is 271 g/mol. The maximum atomic E-state index is 13.2. The van der Waals surface area contributed by atoms with E-state index >= 15 is 0 Å². The summed E-state index contributed by atoms with van der Waals surface area (Å²) in [5.41, 5.74) is 0.999. The fourth-order valence-electron chi connectivity index (χ4n) is 1.20. The third kappa shape index (κ3) is 3.59. The van der Waals surface area contributed by atoms with Crippen LogP contribution in [-0.2, 0) is 0 Å². The van der Waals surface area contributed by atoms with Gasteiger partial charge in [-0.05, 0) is 31.0 Å². The van der Waals surface area contributed by atoms with Gasteiger partial charge in [-0.3, -0.25) is 4.79 Å². The molecule has 1 aromatic carbocycles. The van der Waals surface area contributed by atoms with Crippen LogP contribution in [0.15, 0.2) is 24.3 Å². The normalized spacial score (nSPS) is 10.9. The molecule has 15 heavy (non-hydrogen) atoms. The lowest BCUT2D eigenvalue weighted by atomic mass is 10.1. The van der Waals surface area contributed by atoms with E-state index < -0.39 is 5.82 Å². The van der Waals surface area contributed by atoms with Crippen molar-refractivity contribution < 1.29 is 9.18 Å². The predicted octanol–water partition coefficient (Wildman–Crippen LogP) is 3.83. The summed E-state index contributed by atoms with van der Waals surface area (Å²) < 4.78 is 13.2. The van der Waals surface area contributed by atoms with Crippen LogP contribution in [0.2, 0.25) is 0 Å². The van der Waals surface area contributed by atoms with Crippen molar-refractivity contribution in [2.24, 2.45) is 0 Å². The number of hydrogen-bond donors (Lipinski definition) is 0. The fourth-order valence-corrected chi connectivity index (χ4v) is 1.46. The lowest BCUT2D eigenvalue weighted by molar-refractivity contribution is 0.101. The molecule has 0 aliphatic carbocycles. The molecule has 1 rings (SSSR count). The highest BCUT2D eigenvalue weighted by atomic mass is 79.9. The molecule has 80 valence electrons. The van der Waals surface area contributed by atoms with Crippen LogP contribution in [0.1, 0.15) is 29.3 Å². The first-order chi connectivity index (χ1) is 7.15. The standard InChI is InChI=1S/C12H12BrFO/c1-9(15)11-8-10(4-2-3-7-13)5-6-12(11)14/h2,4-6,8H,3,7H2,1H3. The van der Waals surface area contributed by atoms with Crippen LogP contribution in [0.4, 0.5) is 4.39 Å². The molecule has 0 amide bonds. The zero-order valence-corrected chi connectivity index (χ0v) is 10.1. The van der Waals surface area contributed by atoms with E-state index in [0.717, 1.165) is 17.3 Å². The van der Waals surface area contributed by atoms with Gasteiger partial charge >= 0.3 is 0 Å². The minimum atomic E-state index is -0.458. The van der Waals surface area contributed by atoms with Crippen LogP contribution >= 0.6 is 15.9 Å². The zero-order chi connectivity index (χ0) is 11.3. The molecule has 0 bridgehead atoms. The van der Waals surface area contributed by atoms with Gasteiger partial charge in [-0.1, -0.05) is 34.1 Å². The highest BCUT2D eigenvalue weighted by Gasteiger charge is 2.06. The van der Waals surface area contributed by atoms with Crippen molar-refractivity contribution >= 4 is 27.8 Å². The molecule has 0 spiro atoms. The van der Waals surface area contributed by atoms with Gasteiger partial charge in [0.1, 0.15) is 5.82 Å². The van der Waals surface area contributed by atoms with Crippen molar-refractivity contribution in [3.63, 3.8) is 0 Å². The van der Waals surface area contributed by atoms with Crippen molar-refractivity contribution in [2.45, 2.75) is 13.3 Å². The SMILES string of the molecule is CC(=O)c1cc(C=CCCBr)ccc1F. The number of halogens is 2. The van der Waals surface area contributed by atoms with Crippen LogP contribution in [0.25, 0.3) is 6.08 Å². The van der Waals surface area contributed by atoms with E-state index in [9.17, 15) is 9.18 Å². The number of hydrogen-bond acceptors (Lipinski definition) is 1. The number of ketones is 1. The molecule has 0 radical (unpaired) electrons. The van der Waals surface area contributed by atoms with Crippen LogP contribution in [-0.4, -0.2) is 11.1 Å². The first-order valence-corrected chi connectivity index (χ1v) is 5.80. The average Bonchev–Trinajstić information content (AvgIpc) is 2.20. The van der Waals surface area contributed by atoms with Crippen molar-refractivity contribution in [3.05, 3.63) is 41.2 Å². The molecule has 0 saturated heterocycles. The van der Waals surface area contributed by atoms with Gasteiger partial charge in [0.05, 0.1) is 5.56 Å². The molecule has 0 aromatic heterocycles. The van der Waals surface area contributed by atoms with E-state index in [2.05, 4.69) is 15.9 Å². The number of benzene rings is 1. The van der Waals surface area contributed by atoms with E-state index in [-0.39, 0.29) is 11.3 Å². The molecule has 3 heteroatoms. The first kappa shape index (κ1) is 12.1. The highest BCUT2D eigenvalue weighted by molar-refractivity contribution is 9.09. The van der Waals surface area contributed by atoms with E-state index in [1.165, 1.54) is 13.0 Å². The van der Waals surface area contributed by atoms with Crippen molar-refractivity contribution in [2.75, 3.05) is 5.33 Å². The summed E-state index contributed by atoms with van der Waals surface area (Å²) in [7, 11) is 0. The first-order valence-electron chi connectivity index (χ1n) is 4.68. The van der Waals surface area contributed by atoms with Crippen molar-refractivity contribution in [3.8, 4) is 0 Å². The minimum absolute atomic E-state index is 0.149. The second-order valence-corrected chi connectivity index (χ2v) is 3.97. The molecule has 0 saturated carbocycles. The molecule has 0 unspecified atom stereocenters. The summed E-state index contributed by atoms with van der Waals surface area (Å²) in [4.78, 5) is 11.1. The Morgan fingerprint density at radius 3 is 2.87 bits per heavy atom. The summed E-state index contributed by atoms with van der Waals surface area (Å²) >= 11 is 3.31. The summed E-state index contributed by atoms with van der Waals surface area (Å²) in [6.07, 6.45) is 4.77. The number of allylic oxidation sites excluding steroid dienone is 1. The Labute approximate surface area is 97.1 Å². The van der Waals surface area contributed by atoms with E-state index in [0.29, 0.717) is 0 Å². The zero-order valence-electron chi connectivity index (χ0n) is 8.47. The van der Waals surface area contributed by atoms with Gasteiger partial charge in [0.25, 0.3) is 0 Å². The molecular formula is C12H12BrFO. The van der Waals surface area contributed by atoms with Gasteiger partial charge < -0.3 is 0 Å². The predicted molar refractivity (Wildman–Crippen MR) is 63.8 cm³/mol. The molecule has 0 aliphatic rings. The number of Topliss-reactive ketones (excluding diaryl/α,β-unsaturated/α-hetero) is 1. The van der Waals surface area contributed by atoms with Gasteiger partial charge in [0.15, 0.2) is 5.78 Å². The topological polar surface area (TPSA) is 17.1 Å². The Morgan fingerprint density at radius 1 is 1.53 bits per heavy atom. The van der Waals surface area contributed by atoms with Gasteiger partial charge in [0.2, 0.25) is 0 Å². The van der Waals surface area contributed by atoms with Gasteiger partial charge in [-0.2, -0.15) is 0 Å². The number of carbonyl (C=O) groups is 1. The fraction of sp³-hybridized carbons (Fsp3) is 0.250. The molecule has 0 aliphatic heterocycles. The van der Waals surface area contributed by atoms with Gasteiger partial charge in [-0.15, -0.1) is 0 Å². The maximum Gasteiger partial charge on any atom is 0.162 e. The second kappa shape index (κ2) is 5.81. The number of rotatable bonds is 4. The van der Waals surface area contributed by atoms with Crippen LogP contribution in [0.3, 0.4) is 0 Å². The second-order valence-electron chi connectivity index (χ2n) is 3.18. The quantitative estimate of drug-likeness (QED) is 0.601. The van der Waals surface area contributed by atoms with Crippen molar-refractivity contribution in [1.82, 2.24) is 0 Å². The van der Waals surface area contributed by atoms with Crippen LogP contribution < -0.4 is 0 Å². The molecule has 1 nitrogen and oxygen atoms in total. The molecule has 0 atom stereocenters. The highest BCUT2D eigenvalue weighted by Crippen LogP contribution is 2.12. The third-order valence-electron chi connectivity index (χ3n) is 1.96. The monoisotopic (exact) mass is 270 g/mol. The van der Waals surface area contributed by atoms with Gasteiger partial charge in [0, 0.05) is 5.33 Å².